The van der Waals surface area contributed by atoms with Gasteiger partial charge >= 0.3 is 0 Å². The third-order valence-corrected chi connectivity index (χ3v) is 6.47. The first-order valence-electron chi connectivity index (χ1n) is 9.21. The maximum Gasteiger partial charge on any atom is 0.236 e. The van der Waals surface area contributed by atoms with Gasteiger partial charge in [0, 0.05) is 11.8 Å². The number of pyridine rings is 1. The Kier molecular flexibility index (Phi) is 5.59. The first-order chi connectivity index (χ1) is 14.0. The number of hydrogen-bond donors (Lipinski definition) is 2. The molecular formula is C20H20N6OS2. The first-order valence-corrected chi connectivity index (χ1v) is 11.0. The molecule has 7 nitrogen and oxygen atoms in total. The molecule has 4 aromatic rings. The fourth-order valence-electron chi connectivity index (χ4n) is 2.82. The van der Waals surface area contributed by atoms with Gasteiger partial charge in [0.05, 0.1) is 16.8 Å². The van der Waals surface area contributed by atoms with Gasteiger partial charge < -0.3 is 4.98 Å². The van der Waals surface area contributed by atoms with Gasteiger partial charge in [0.1, 0.15) is 15.9 Å². The van der Waals surface area contributed by atoms with E-state index in [1.807, 2.05) is 19.1 Å². The minimum atomic E-state index is -0.138. The fourth-order valence-corrected chi connectivity index (χ4v) is 4.31. The van der Waals surface area contributed by atoms with Gasteiger partial charge in [0.15, 0.2) is 0 Å². The number of aryl methyl sites for hydroxylation is 3. The zero-order valence-electron chi connectivity index (χ0n) is 16.3. The second-order valence-electron chi connectivity index (χ2n) is 6.59. The van der Waals surface area contributed by atoms with Crippen LogP contribution in [0.15, 0.2) is 35.5 Å². The van der Waals surface area contributed by atoms with Crippen molar-refractivity contribution in [3.8, 4) is 11.4 Å². The molecule has 29 heavy (non-hydrogen) atoms. The van der Waals surface area contributed by atoms with E-state index in [-0.39, 0.29) is 11.7 Å². The molecule has 0 saturated heterocycles. The number of carbonyl (C=O) groups excluding carboxylic acids is 1. The Hall–Kier alpha value is -2.78. The van der Waals surface area contributed by atoms with Crippen LogP contribution in [0.5, 0.6) is 0 Å². The number of carbonyl (C=O) groups is 1. The van der Waals surface area contributed by atoms with E-state index in [0.717, 1.165) is 38.9 Å². The van der Waals surface area contributed by atoms with Gasteiger partial charge in [0.2, 0.25) is 11.0 Å². The number of hydrogen-bond acceptors (Lipinski definition) is 7. The topological polar surface area (TPSA) is 96.5 Å². The lowest BCUT2D eigenvalue weighted by molar-refractivity contribution is -0.113. The van der Waals surface area contributed by atoms with Crippen LogP contribution >= 0.6 is 23.1 Å². The van der Waals surface area contributed by atoms with Crippen LogP contribution in [-0.2, 0) is 11.2 Å². The highest BCUT2D eigenvalue weighted by atomic mass is 32.2. The Bertz CT molecular complexity index is 1140. The summed E-state index contributed by atoms with van der Waals surface area (Å²) in [5.74, 6) is 0.836. The lowest BCUT2D eigenvalue weighted by Crippen LogP contribution is -2.14. The van der Waals surface area contributed by atoms with Crippen LogP contribution in [0.3, 0.4) is 0 Å². The van der Waals surface area contributed by atoms with E-state index in [1.54, 1.807) is 6.20 Å². The number of anilines is 1. The van der Waals surface area contributed by atoms with Crippen molar-refractivity contribution in [2.45, 2.75) is 32.2 Å². The molecule has 1 amide bonds. The summed E-state index contributed by atoms with van der Waals surface area (Å²) in [6.07, 6.45) is 2.52. The number of rotatable bonds is 6. The normalized spacial score (nSPS) is 11.1. The highest BCUT2D eigenvalue weighted by Crippen LogP contribution is 2.30. The Morgan fingerprint density at radius 2 is 2.07 bits per heavy atom. The molecule has 0 bridgehead atoms. The monoisotopic (exact) mass is 424 g/mol. The standard InChI is InChI=1S/C20H20N6OS2/c1-4-17-25-26-20(29-17)24-16(27)10-28-19-13(6-5-7-21-19)18-22-14-8-11(2)12(3)9-15(14)23-18/h5-9H,4,10H2,1-3H3,(H,22,23)(H,24,26,27). The number of aromatic nitrogens is 5. The highest BCUT2D eigenvalue weighted by Gasteiger charge is 2.14. The van der Waals surface area contributed by atoms with Gasteiger partial charge in [0.25, 0.3) is 0 Å². The largest absolute Gasteiger partial charge is 0.338 e. The van der Waals surface area contributed by atoms with Crippen molar-refractivity contribution in [1.29, 1.82) is 0 Å². The van der Waals surface area contributed by atoms with Gasteiger partial charge in [-0.25, -0.2) is 9.97 Å². The van der Waals surface area contributed by atoms with Crippen LogP contribution in [-0.4, -0.2) is 36.8 Å². The summed E-state index contributed by atoms with van der Waals surface area (Å²) in [6.45, 7) is 6.17. The van der Waals surface area contributed by atoms with Gasteiger partial charge in [-0.1, -0.05) is 30.0 Å². The maximum atomic E-state index is 12.3. The van der Waals surface area contributed by atoms with Crippen LogP contribution < -0.4 is 5.32 Å². The van der Waals surface area contributed by atoms with E-state index in [1.165, 1.54) is 34.2 Å². The van der Waals surface area contributed by atoms with E-state index in [2.05, 4.69) is 51.5 Å². The number of nitrogens with one attached hydrogen (secondary N) is 2. The summed E-state index contributed by atoms with van der Waals surface area (Å²) in [6, 6.07) is 8.01. The van der Waals surface area contributed by atoms with Gasteiger partial charge in [-0.3, -0.25) is 10.1 Å². The molecule has 0 atom stereocenters. The first kappa shape index (κ1) is 19.5. The number of thioether (sulfide) groups is 1. The van der Waals surface area contributed by atoms with Gasteiger partial charge in [-0.05, 0) is 55.7 Å². The van der Waals surface area contributed by atoms with Gasteiger partial charge in [-0.2, -0.15) is 0 Å². The molecule has 3 aromatic heterocycles. The molecule has 4 rings (SSSR count). The Morgan fingerprint density at radius 3 is 2.86 bits per heavy atom. The molecule has 0 aliphatic carbocycles. The number of amides is 1. The number of H-pyrrole nitrogens is 1. The summed E-state index contributed by atoms with van der Waals surface area (Å²) in [4.78, 5) is 24.9. The summed E-state index contributed by atoms with van der Waals surface area (Å²) >= 11 is 2.76. The Labute approximate surface area is 176 Å². The molecule has 3 heterocycles. The lowest BCUT2D eigenvalue weighted by Gasteiger charge is -2.05. The van der Waals surface area contributed by atoms with Crippen molar-refractivity contribution in [3.05, 3.63) is 46.6 Å². The van der Waals surface area contributed by atoms with Crippen molar-refractivity contribution < 1.29 is 4.79 Å². The number of imidazole rings is 1. The molecule has 0 radical (unpaired) electrons. The molecular weight excluding hydrogens is 404 g/mol. The van der Waals surface area contributed by atoms with E-state index < -0.39 is 0 Å². The van der Waals surface area contributed by atoms with Crippen LogP contribution in [0.2, 0.25) is 0 Å². The molecule has 0 unspecified atom stereocenters. The molecule has 0 aliphatic heterocycles. The van der Waals surface area contributed by atoms with Gasteiger partial charge in [-0.15, -0.1) is 10.2 Å². The van der Waals surface area contributed by atoms with Crippen molar-refractivity contribution in [2.24, 2.45) is 0 Å². The van der Waals surface area contributed by atoms with Crippen LogP contribution in [0.1, 0.15) is 23.1 Å². The number of benzene rings is 1. The third-order valence-electron chi connectivity index (χ3n) is 4.48. The lowest BCUT2D eigenvalue weighted by atomic mass is 10.1. The van der Waals surface area contributed by atoms with Crippen molar-refractivity contribution in [2.75, 3.05) is 11.1 Å². The minimum absolute atomic E-state index is 0.138. The molecule has 148 valence electrons. The van der Waals surface area contributed by atoms with E-state index in [4.69, 9.17) is 4.98 Å². The Morgan fingerprint density at radius 1 is 1.24 bits per heavy atom. The quantitative estimate of drug-likeness (QED) is 0.446. The Balaban J connectivity index is 1.52. The SMILES string of the molecule is CCc1nnc(NC(=O)CSc2ncccc2-c2nc3cc(C)c(C)cc3[nH]2)s1. The predicted molar refractivity (Wildman–Crippen MR) is 117 cm³/mol. The molecule has 0 saturated carbocycles. The van der Waals surface area contributed by atoms with Crippen molar-refractivity contribution in [1.82, 2.24) is 25.1 Å². The number of aromatic amines is 1. The average Bonchev–Trinajstić information content (AvgIpc) is 3.33. The van der Waals surface area contributed by atoms with Crippen LogP contribution in [0.4, 0.5) is 5.13 Å². The van der Waals surface area contributed by atoms with E-state index in [0.29, 0.717) is 5.13 Å². The summed E-state index contributed by atoms with van der Waals surface area (Å²) in [5.41, 5.74) is 5.21. The maximum absolute atomic E-state index is 12.3. The number of nitrogens with zero attached hydrogens (tertiary/aromatic N) is 4. The predicted octanol–water partition coefficient (Wildman–Crippen LogP) is 4.39. The summed E-state index contributed by atoms with van der Waals surface area (Å²) in [7, 11) is 0. The molecule has 2 N–H and O–H groups in total. The zero-order valence-corrected chi connectivity index (χ0v) is 17.9. The highest BCUT2D eigenvalue weighted by molar-refractivity contribution is 8.00. The van der Waals surface area contributed by atoms with Crippen LogP contribution in [0.25, 0.3) is 22.4 Å². The molecule has 9 heteroatoms. The van der Waals surface area contributed by atoms with Crippen molar-refractivity contribution >= 4 is 45.2 Å². The second-order valence-corrected chi connectivity index (χ2v) is 8.61. The molecule has 0 fully saturated rings. The smallest absolute Gasteiger partial charge is 0.236 e. The molecule has 0 aliphatic rings. The summed E-state index contributed by atoms with van der Waals surface area (Å²) in [5, 5.41) is 13.0. The summed E-state index contributed by atoms with van der Waals surface area (Å²) < 4.78 is 0. The second kappa shape index (κ2) is 8.30. The minimum Gasteiger partial charge on any atom is -0.338 e. The molecule has 1 aromatic carbocycles. The average molecular weight is 425 g/mol. The van der Waals surface area contributed by atoms with Crippen LogP contribution in [0, 0.1) is 13.8 Å². The van der Waals surface area contributed by atoms with E-state index in [9.17, 15) is 4.79 Å². The fraction of sp³-hybridized carbons (Fsp3) is 0.250. The van der Waals surface area contributed by atoms with Crippen molar-refractivity contribution in [3.63, 3.8) is 0 Å². The van der Waals surface area contributed by atoms with E-state index >= 15 is 0 Å². The number of fused-ring (bicyclic) bond motifs is 1. The zero-order chi connectivity index (χ0) is 20.4. The third kappa shape index (κ3) is 4.30. The molecule has 0 spiro atoms.